The van der Waals surface area contributed by atoms with E-state index in [0.717, 1.165) is 29.7 Å². The summed E-state index contributed by atoms with van der Waals surface area (Å²) in [6, 6.07) is 21.4. The van der Waals surface area contributed by atoms with Crippen LogP contribution in [0.3, 0.4) is 0 Å². The first-order valence-electron chi connectivity index (χ1n) is 17.7. The van der Waals surface area contributed by atoms with E-state index in [4.69, 9.17) is 14.2 Å². The van der Waals surface area contributed by atoms with E-state index in [0.29, 0.717) is 57.0 Å². The van der Waals surface area contributed by atoms with Crippen molar-refractivity contribution in [3.8, 4) is 23.3 Å². The average molecular weight is 767 g/mol. The molecule has 1 heterocycles. The molecule has 0 bridgehead atoms. The molecule has 0 aliphatic heterocycles. The molecule has 4 aromatic rings. The summed E-state index contributed by atoms with van der Waals surface area (Å²) in [5.41, 5.74) is 3.08. The Morgan fingerprint density at radius 3 is 2.31 bits per heavy atom. The third kappa shape index (κ3) is 9.45. The molecule has 282 valence electrons. The van der Waals surface area contributed by atoms with Gasteiger partial charge in [0.2, 0.25) is 5.91 Å². The molecule has 0 radical (unpaired) electrons. The minimum Gasteiger partial charge on any atom is -0.496 e. The van der Waals surface area contributed by atoms with Gasteiger partial charge in [0.05, 0.1) is 32.1 Å². The van der Waals surface area contributed by atoms with Crippen LogP contribution in [-0.2, 0) is 22.4 Å². The van der Waals surface area contributed by atoms with Gasteiger partial charge in [-0.3, -0.25) is 14.4 Å². The summed E-state index contributed by atoms with van der Waals surface area (Å²) in [5.74, 6) is 0.527. The Balaban J connectivity index is 1.36. The molecule has 5 rings (SSSR count). The Morgan fingerprint density at radius 2 is 1.67 bits per heavy atom. The number of rotatable bonds is 13. The van der Waals surface area contributed by atoms with E-state index in [1.807, 2.05) is 13.0 Å². The van der Waals surface area contributed by atoms with Crippen molar-refractivity contribution in [3.05, 3.63) is 99.6 Å². The fourth-order valence-electron chi connectivity index (χ4n) is 6.32. The lowest BCUT2D eigenvalue weighted by atomic mass is 9.72. The summed E-state index contributed by atoms with van der Waals surface area (Å²) in [5, 5.41) is 18.9. The van der Waals surface area contributed by atoms with Gasteiger partial charge in [-0.25, -0.2) is 0 Å². The first kappa shape index (κ1) is 39.9. The molecule has 1 aromatic heterocycles. The summed E-state index contributed by atoms with van der Waals surface area (Å²) in [6.45, 7) is 8.70. The number of nitrogens with zero attached hydrogens (tertiary/aromatic N) is 1. The van der Waals surface area contributed by atoms with E-state index >= 15 is 0 Å². The maximum Gasteiger partial charge on any atom is 0.272 e. The Morgan fingerprint density at radius 1 is 0.963 bits per heavy atom. The molecule has 1 aliphatic carbocycles. The second-order valence-corrected chi connectivity index (χ2v) is 16.3. The number of amides is 3. The van der Waals surface area contributed by atoms with Gasteiger partial charge in [-0.05, 0) is 85.1 Å². The first-order valence-corrected chi connectivity index (χ1v) is 19.4. The topological polar surface area (TPSA) is 139 Å². The Bertz CT molecular complexity index is 2080. The Kier molecular flexibility index (Phi) is 13.1. The number of carbonyl (C=O) groups is 3. The van der Waals surface area contributed by atoms with Crippen LogP contribution in [0.2, 0.25) is 0 Å². The van der Waals surface area contributed by atoms with Gasteiger partial charge in [0.25, 0.3) is 11.8 Å². The average Bonchev–Trinajstić information content (AvgIpc) is 3.52. The zero-order valence-corrected chi connectivity index (χ0v) is 33.3. The van der Waals surface area contributed by atoms with Crippen molar-refractivity contribution in [2.24, 2.45) is 11.3 Å². The van der Waals surface area contributed by atoms with Gasteiger partial charge < -0.3 is 30.2 Å². The number of thioether (sulfide) groups is 1. The maximum atomic E-state index is 13.9. The van der Waals surface area contributed by atoms with Crippen LogP contribution in [0.4, 0.5) is 10.7 Å². The van der Waals surface area contributed by atoms with Gasteiger partial charge in [-0.1, -0.05) is 52.0 Å². The number of fused-ring (bicyclic) bond motifs is 1. The van der Waals surface area contributed by atoms with Crippen LogP contribution >= 0.6 is 23.1 Å². The zero-order chi connectivity index (χ0) is 39.0. The van der Waals surface area contributed by atoms with Gasteiger partial charge in [-0.15, -0.1) is 23.1 Å². The molecule has 2 atom stereocenters. The normalized spacial score (nSPS) is 14.6. The molecule has 12 heteroatoms. The molecule has 0 saturated carbocycles. The molecule has 0 spiro atoms. The van der Waals surface area contributed by atoms with E-state index in [9.17, 15) is 19.6 Å². The monoisotopic (exact) mass is 766 g/mol. The fraction of sp³-hybridized carbons (Fsp3) is 0.333. The van der Waals surface area contributed by atoms with Crippen molar-refractivity contribution in [2.45, 2.75) is 63.5 Å². The molecule has 54 heavy (non-hydrogen) atoms. The predicted octanol–water partition coefficient (Wildman–Crippen LogP) is 8.72. The smallest absolute Gasteiger partial charge is 0.272 e. The third-order valence-corrected chi connectivity index (χ3v) is 12.0. The Hall–Kier alpha value is -5.25. The minimum atomic E-state index is -0.581. The van der Waals surface area contributed by atoms with E-state index in [1.54, 1.807) is 60.7 Å². The largest absolute Gasteiger partial charge is 0.496 e. The second kappa shape index (κ2) is 17.7. The van der Waals surface area contributed by atoms with Crippen LogP contribution in [0.25, 0.3) is 6.08 Å². The first-order chi connectivity index (χ1) is 25.9. The number of anilines is 2. The van der Waals surface area contributed by atoms with Crippen LogP contribution in [0.5, 0.6) is 17.2 Å². The zero-order valence-electron chi connectivity index (χ0n) is 31.6. The van der Waals surface area contributed by atoms with E-state index in [-0.39, 0.29) is 17.0 Å². The third-order valence-electron chi connectivity index (χ3n) is 9.44. The lowest BCUT2D eigenvalue weighted by Gasteiger charge is -2.33. The van der Waals surface area contributed by atoms with Crippen molar-refractivity contribution < 1.29 is 28.6 Å². The van der Waals surface area contributed by atoms with Crippen LogP contribution in [0.15, 0.2) is 77.3 Å². The minimum absolute atomic E-state index is 0.0426. The summed E-state index contributed by atoms with van der Waals surface area (Å²) in [7, 11) is 4.50. The van der Waals surface area contributed by atoms with Crippen molar-refractivity contribution in [1.29, 1.82) is 5.26 Å². The number of methoxy groups -OCH3 is 3. The number of benzene rings is 3. The Labute approximate surface area is 325 Å². The SMILES string of the molecule is CCC(Sc1cccc(NC(=O)/C(=C\c2cc(OC)c(OC)cc2OC)NC(=O)c2ccccc2)c1)C(=O)Nc1sc2c(c1C#N)CCC(C(C)(C)C)C2. The molecule has 1 aliphatic rings. The summed E-state index contributed by atoms with van der Waals surface area (Å²) in [6.07, 6.45) is 4.82. The maximum absolute atomic E-state index is 13.9. The lowest BCUT2D eigenvalue weighted by Crippen LogP contribution is -2.30. The van der Waals surface area contributed by atoms with Crippen LogP contribution in [-0.4, -0.2) is 44.3 Å². The molecule has 2 unspecified atom stereocenters. The number of nitriles is 1. The number of nitrogens with one attached hydrogen (secondary N) is 3. The predicted molar refractivity (Wildman–Crippen MR) is 216 cm³/mol. The van der Waals surface area contributed by atoms with Gasteiger partial charge in [-0.2, -0.15) is 5.26 Å². The molecular weight excluding hydrogens is 721 g/mol. The molecule has 10 nitrogen and oxygen atoms in total. The molecule has 0 fully saturated rings. The van der Waals surface area contributed by atoms with E-state index < -0.39 is 17.1 Å². The lowest BCUT2D eigenvalue weighted by molar-refractivity contribution is -0.116. The van der Waals surface area contributed by atoms with Gasteiger partial charge in [0, 0.05) is 32.7 Å². The molecule has 3 amide bonds. The summed E-state index contributed by atoms with van der Waals surface area (Å²) < 4.78 is 16.4. The number of thiophene rings is 1. The summed E-state index contributed by atoms with van der Waals surface area (Å²) in [4.78, 5) is 42.8. The van der Waals surface area contributed by atoms with Crippen molar-refractivity contribution >= 4 is 57.6 Å². The molecule has 3 N–H and O–H groups in total. The fourth-order valence-corrected chi connectivity index (χ4v) is 8.61. The number of ether oxygens (including phenoxy) is 3. The highest BCUT2D eigenvalue weighted by Crippen LogP contribution is 2.44. The van der Waals surface area contributed by atoms with Crippen LogP contribution < -0.4 is 30.2 Å². The van der Waals surface area contributed by atoms with Crippen molar-refractivity contribution in [1.82, 2.24) is 5.32 Å². The summed E-state index contributed by atoms with van der Waals surface area (Å²) >= 11 is 2.90. The highest BCUT2D eigenvalue weighted by molar-refractivity contribution is 8.00. The number of hydrogen-bond acceptors (Lipinski definition) is 9. The highest BCUT2D eigenvalue weighted by atomic mass is 32.2. The van der Waals surface area contributed by atoms with Crippen molar-refractivity contribution in [3.63, 3.8) is 0 Å². The molecular formula is C42H46N4O6S2. The van der Waals surface area contributed by atoms with Gasteiger partial charge in [0.15, 0.2) is 11.5 Å². The number of carbonyl (C=O) groups excluding carboxylic acids is 3. The van der Waals surface area contributed by atoms with E-state index in [1.165, 1.54) is 55.4 Å². The molecule has 3 aromatic carbocycles. The van der Waals surface area contributed by atoms with Crippen LogP contribution in [0, 0.1) is 22.7 Å². The standard InChI is InChI=1S/C42H46N4O6S2/c1-8-36(40(49)46-41-31(24-43)30-18-17-27(42(2,3)4)21-37(30)54-41)53-29-16-12-15-28(22-29)44-39(48)32(45-38(47)25-13-10-9-11-14-25)19-26-20-34(51-6)35(52-7)23-33(26)50-5/h9-16,19-20,22-23,27,36H,8,17-18,21H2,1-7H3,(H,44,48)(H,45,47)(H,46,49)/b32-19+. The van der Waals surface area contributed by atoms with E-state index in [2.05, 4.69) is 42.8 Å². The van der Waals surface area contributed by atoms with Gasteiger partial charge in [0.1, 0.15) is 22.5 Å². The van der Waals surface area contributed by atoms with Gasteiger partial charge >= 0.3 is 0 Å². The molecule has 0 saturated heterocycles. The van der Waals surface area contributed by atoms with Crippen LogP contribution in [0.1, 0.15) is 72.5 Å². The quantitative estimate of drug-likeness (QED) is 0.0908. The second-order valence-electron chi connectivity index (χ2n) is 13.9. The van der Waals surface area contributed by atoms with Crippen molar-refractivity contribution in [2.75, 3.05) is 32.0 Å². The highest BCUT2D eigenvalue weighted by Gasteiger charge is 2.33. The number of hydrogen-bond donors (Lipinski definition) is 3.